The molecule has 600 valence electrons. The molecule has 0 fully saturated rings. The Hall–Kier alpha value is -1.48. The maximum Gasteiger partial charge on any atom is 0.311 e. The van der Waals surface area contributed by atoms with Crippen LogP contribution in [0.25, 0.3) is 0 Å². The van der Waals surface area contributed by atoms with Gasteiger partial charge in [-0.3, -0.25) is 19.4 Å². The number of carbonyl (C=O) groups is 2. The number of esters is 2. The lowest BCUT2D eigenvalue weighted by Crippen LogP contribution is -2.46. The van der Waals surface area contributed by atoms with E-state index in [9.17, 15) is 45.7 Å². The molecule has 0 aliphatic heterocycles. The molecule has 16 nitrogen and oxygen atoms in total. The molecule has 2 N–H and O–H groups in total. The van der Waals surface area contributed by atoms with Gasteiger partial charge >= 0.3 is 11.9 Å². The van der Waals surface area contributed by atoms with Crippen molar-refractivity contribution in [2.75, 3.05) is 105 Å². The molecule has 0 amide bonds. The number of aliphatic hydroxyl groups excluding tert-OH is 2. The van der Waals surface area contributed by atoms with Crippen molar-refractivity contribution < 1.29 is 64.2 Å². The van der Waals surface area contributed by atoms with Crippen molar-refractivity contribution in [1.29, 1.82) is 0 Å². The van der Waals surface area contributed by atoms with Crippen LogP contribution in [0.5, 0.6) is 0 Å². The summed E-state index contributed by atoms with van der Waals surface area (Å²) in [6.45, 7) is 27.2. The molecular formula is C82H168N4O12S2. The number of hydrogen-bond acceptors (Lipinski definition) is 14. The van der Waals surface area contributed by atoms with Crippen LogP contribution in [-0.2, 0) is 39.3 Å². The zero-order chi connectivity index (χ0) is 75.5. The number of quaternary nitrogens is 2. The second-order valence-corrected chi connectivity index (χ2v) is 37.0. The number of nitrogens with zero attached hydrogens (tertiary/aromatic N) is 4. The van der Waals surface area contributed by atoms with Crippen LogP contribution in [0.2, 0.25) is 0 Å². The zero-order valence-electron chi connectivity index (χ0n) is 68.3. The van der Waals surface area contributed by atoms with E-state index in [-0.39, 0.29) is 47.9 Å². The number of carbonyl (C=O) groups excluding carboxylic acids is 2. The number of rotatable bonds is 70. The lowest BCUT2D eigenvalue weighted by atomic mass is 9.97. The van der Waals surface area contributed by atoms with E-state index >= 15 is 0 Å². The van der Waals surface area contributed by atoms with E-state index in [1.165, 1.54) is 218 Å². The Morgan fingerprint density at radius 1 is 0.340 bits per heavy atom. The monoisotopic (exact) mass is 1470 g/mol. The Kier molecular flexibility index (Phi) is 62.9. The molecule has 0 rings (SSSR count). The molecule has 0 saturated heterocycles. The first-order chi connectivity index (χ1) is 47.2. The van der Waals surface area contributed by atoms with E-state index in [1.54, 1.807) is 0 Å². The summed E-state index contributed by atoms with van der Waals surface area (Å²) in [6, 6.07) is 0. The molecule has 4 unspecified atom stereocenters. The molecule has 0 aromatic rings. The van der Waals surface area contributed by atoms with Gasteiger partial charge < -0.3 is 37.8 Å². The van der Waals surface area contributed by atoms with Gasteiger partial charge in [0.15, 0.2) is 0 Å². The molecule has 18 heteroatoms. The van der Waals surface area contributed by atoms with Crippen LogP contribution in [0, 0.1) is 10.8 Å². The molecule has 0 saturated carbocycles. The fraction of sp³-hybridized carbons (Fsp3) is 0.976. The van der Waals surface area contributed by atoms with Crippen molar-refractivity contribution in [2.45, 2.75) is 402 Å². The number of ether oxygens (including phenoxy) is 2. The van der Waals surface area contributed by atoms with Gasteiger partial charge in [0, 0.05) is 76.5 Å². The Balaban J connectivity index is 0. The highest BCUT2D eigenvalue weighted by atomic mass is 32.2. The van der Waals surface area contributed by atoms with E-state index in [0.29, 0.717) is 61.1 Å². The minimum atomic E-state index is -4.24. The average molecular weight is 1470 g/mol. The highest BCUT2D eigenvalue weighted by molar-refractivity contribution is 7.85. The van der Waals surface area contributed by atoms with Crippen molar-refractivity contribution >= 4 is 32.2 Å². The van der Waals surface area contributed by atoms with Gasteiger partial charge in [0.25, 0.3) is 0 Å². The summed E-state index contributed by atoms with van der Waals surface area (Å²) in [7, 11) is -0.127. The SMILES string of the molecule is CCCCCCCCCCCCC(CN(CCC[N+](C)(C)CCCS(=O)(=O)[O-])CC(CCCCCCCCCCCC)OC(=O)C(C)(C)C)OC(=O)C(C)(C)C.CCCCCCCCCCCCC(O)CN(CCC[N+](C)(C)CCCS(=O)(=O)[O-])CC(O)CCCCCCCCCCCC. The van der Waals surface area contributed by atoms with Crippen LogP contribution in [-0.4, -0.2) is 196 Å². The standard InChI is InChI=1S/C46H92N2O7S.C36H76N2O5S/c1-11-13-15-17-19-21-23-25-27-29-33-41(54-43(49)45(3,4)5)39-47(35-31-36-48(9,10)37-32-38-56(51,52)53)40-42(55-44(50)46(6,7)8)34-30-28-26-24-22-20-18-16-14-12-2;1-5-7-9-11-13-15-17-19-21-23-27-35(39)33-37(29-25-30-38(3,4)31-26-32-44(41,42)43)34-36(40)28-24-22-20-18-16-14-12-10-8-6-2/h41-42H,11-40H2,1-10H3;35-36,39-40H,5-34H2,1-4H3. The van der Waals surface area contributed by atoms with Gasteiger partial charge in [-0.1, -0.05) is 272 Å². The largest absolute Gasteiger partial charge is 0.748 e. The molecule has 0 radical (unpaired) electrons. The minimum absolute atomic E-state index is 0.193. The first-order valence-corrected chi connectivity index (χ1v) is 45.1. The topological polar surface area (TPSA) is 214 Å². The summed E-state index contributed by atoms with van der Waals surface area (Å²) in [4.78, 5) is 31.1. The predicted molar refractivity (Wildman–Crippen MR) is 421 cm³/mol. The van der Waals surface area contributed by atoms with Crippen molar-refractivity contribution in [1.82, 2.24) is 9.80 Å². The van der Waals surface area contributed by atoms with E-state index in [0.717, 1.165) is 103 Å². The molecule has 100 heavy (non-hydrogen) atoms. The summed E-state index contributed by atoms with van der Waals surface area (Å²) in [5.41, 5.74) is -1.22. The number of hydrogen-bond donors (Lipinski definition) is 2. The van der Waals surface area contributed by atoms with Gasteiger partial charge in [-0.25, -0.2) is 16.8 Å². The Bertz CT molecular complexity index is 2010. The highest BCUT2D eigenvalue weighted by Crippen LogP contribution is 2.25. The molecule has 0 heterocycles. The molecule has 0 aliphatic rings. The lowest BCUT2D eigenvalue weighted by Gasteiger charge is -2.34. The van der Waals surface area contributed by atoms with Crippen LogP contribution in [0.4, 0.5) is 0 Å². The highest BCUT2D eigenvalue weighted by Gasteiger charge is 2.31. The molecule has 0 aromatic heterocycles. The Morgan fingerprint density at radius 2 is 0.550 bits per heavy atom. The average Bonchev–Trinajstić information content (AvgIpc) is 0.882. The lowest BCUT2D eigenvalue weighted by molar-refractivity contribution is -0.890. The van der Waals surface area contributed by atoms with Crippen molar-refractivity contribution in [3.63, 3.8) is 0 Å². The van der Waals surface area contributed by atoms with E-state index < -0.39 is 31.1 Å². The number of unbranched alkanes of at least 4 members (excludes halogenated alkanes) is 36. The third-order valence-electron chi connectivity index (χ3n) is 20.0. The van der Waals surface area contributed by atoms with Crippen molar-refractivity contribution in [2.24, 2.45) is 10.8 Å². The smallest absolute Gasteiger partial charge is 0.311 e. The zero-order valence-corrected chi connectivity index (χ0v) is 70.0. The summed E-state index contributed by atoms with van der Waals surface area (Å²) >= 11 is 0. The van der Waals surface area contributed by atoms with Gasteiger partial charge in [0.1, 0.15) is 12.2 Å². The fourth-order valence-corrected chi connectivity index (χ4v) is 14.3. The summed E-state index contributed by atoms with van der Waals surface area (Å²) < 4.78 is 80.4. The second kappa shape index (κ2) is 62.5. The van der Waals surface area contributed by atoms with Gasteiger partial charge in [-0.15, -0.1) is 0 Å². The van der Waals surface area contributed by atoms with Crippen LogP contribution in [0.15, 0.2) is 0 Å². The molecule has 4 atom stereocenters. The molecule has 0 spiro atoms. The van der Waals surface area contributed by atoms with Gasteiger partial charge in [0.2, 0.25) is 0 Å². The van der Waals surface area contributed by atoms with E-state index in [2.05, 4.69) is 65.7 Å². The first kappa shape index (κ1) is 101. The second-order valence-electron chi connectivity index (χ2n) is 34.0. The van der Waals surface area contributed by atoms with Crippen molar-refractivity contribution in [3.8, 4) is 0 Å². The normalized spacial score (nSPS) is 14.0. The summed E-state index contributed by atoms with van der Waals surface area (Å²) in [5, 5.41) is 21.7. The van der Waals surface area contributed by atoms with Gasteiger partial charge in [-0.2, -0.15) is 0 Å². The van der Waals surface area contributed by atoms with E-state index in [4.69, 9.17) is 9.47 Å². The molecule has 0 bridgehead atoms. The van der Waals surface area contributed by atoms with Crippen LogP contribution < -0.4 is 0 Å². The van der Waals surface area contributed by atoms with Gasteiger partial charge in [0.05, 0.1) is 97.6 Å². The van der Waals surface area contributed by atoms with Crippen LogP contribution in [0.1, 0.15) is 377 Å². The Morgan fingerprint density at radius 3 is 0.780 bits per heavy atom. The molecular weight excluding hydrogens is 1300 g/mol. The van der Waals surface area contributed by atoms with Crippen LogP contribution >= 0.6 is 0 Å². The van der Waals surface area contributed by atoms with Crippen molar-refractivity contribution in [3.05, 3.63) is 0 Å². The van der Waals surface area contributed by atoms with E-state index in [1.807, 2.05) is 41.5 Å². The number of aliphatic hydroxyl groups is 2. The fourth-order valence-electron chi connectivity index (χ4n) is 13.4. The van der Waals surface area contributed by atoms with Crippen LogP contribution in [0.3, 0.4) is 0 Å². The third kappa shape index (κ3) is 69.6. The predicted octanol–water partition coefficient (Wildman–Crippen LogP) is 19.3. The van der Waals surface area contributed by atoms with Gasteiger partial charge in [-0.05, 0) is 80.1 Å². The summed E-state index contributed by atoms with van der Waals surface area (Å²) in [6.07, 6.45) is 55.0. The maximum absolute atomic E-state index is 13.3. The molecule has 0 aliphatic carbocycles. The third-order valence-corrected chi connectivity index (χ3v) is 21.5. The quantitative estimate of drug-likeness (QED) is 0.0251. The summed E-state index contributed by atoms with van der Waals surface area (Å²) in [5.74, 6) is -1.04. The maximum atomic E-state index is 13.3. The first-order valence-electron chi connectivity index (χ1n) is 41.9. The molecule has 0 aromatic carbocycles. The minimum Gasteiger partial charge on any atom is -0.748 e. The Labute approximate surface area is 620 Å².